The molecule has 1 N–H and O–H groups in total. The van der Waals surface area contributed by atoms with Crippen LogP contribution in [-0.2, 0) is 16.1 Å². The van der Waals surface area contributed by atoms with E-state index in [4.69, 9.17) is 9.47 Å². The van der Waals surface area contributed by atoms with Crippen molar-refractivity contribution in [2.75, 3.05) is 18.5 Å². The van der Waals surface area contributed by atoms with Crippen molar-refractivity contribution in [2.24, 2.45) is 0 Å². The Bertz CT molecular complexity index is 1580. The summed E-state index contributed by atoms with van der Waals surface area (Å²) in [7, 11) is 0. The number of carbonyl (C=O) groups excluding carboxylic acids is 2. The van der Waals surface area contributed by atoms with Crippen LogP contribution in [0.4, 0.5) is 10.6 Å². The first-order valence-electron chi connectivity index (χ1n) is 13.8. The van der Waals surface area contributed by atoms with Crippen LogP contribution in [0, 0.1) is 3.57 Å². The van der Waals surface area contributed by atoms with Gasteiger partial charge in [0.1, 0.15) is 6.61 Å². The van der Waals surface area contributed by atoms with E-state index in [0.29, 0.717) is 28.0 Å². The molecule has 0 saturated carbocycles. The topological polar surface area (TPSA) is 103 Å². The van der Waals surface area contributed by atoms with Crippen LogP contribution in [0.2, 0.25) is 0 Å². The van der Waals surface area contributed by atoms with Gasteiger partial charge in [-0.05, 0) is 64.4 Å². The van der Waals surface area contributed by atoms with Crippen molar-refractivity contribution in [3.8, 4) is 5.69 Å². The Morgan fingerprint density at radius 3 is 2.38 bits per heavy atom. The smallest absolute Gasteiger partial charge is 0.411 e. The van der Waals surface area contributed by atoms with Crippen molar-refractivity contribution < 1.29 is 19.1 Å². The van der Waals surface area contributed by atoms with Crippen LogP contribution in [0.5, 0.6) is 0 Å². The minimum atomic E-state index is -0.526. The summed E-state index contributed by atoms with van der Waals surface area (Å²) < 4.78 is 13.7. The molecule has 3 aromatic carbocycles. The number of rotatable bonds is 8. The summed E-state index contributed by atoms with van der Waals surface area (Å²) in [5.41, 5.74) is 2.35. The fourth-order valence-corrected chi connectivity index (χ4v) is 5.48. The van der Waals surface area contributed by atoms with E-state index in [0.717, 1.165) is 24.0 Å². The predicted molar refractivity (Wildman–Crippen MR) is 168 cm³/mol. The fourth-order valence-electron chi connectivity index (χ4n) is 4.94. The maximum atomic E-state index is 13.4. The highest BCUT2D eigenvalue weighted by molar-refractivity contribution is 14.1. The number of hydrogen-bond donors (Lipinski definition) is 1. The first-order chi connectivity index (χ1) is 20.4. The van der Waals surface area contributed by atoms with E-state index >= 15 is 0 Å². The molecule has 1 aliphatic rings. The van der Waals surface area contributed by atoms with Crippen LogP contribution in [-0.4, -0.2) is 45.7 Å². The van der Waals surface area contributed by atoms with Gasteiger partial charge in [0.15, 0.2) is 5.82 Å². The Kier molecular flexibility index (Phi) is 9.65. The molecule has 4 aromatic rings. The largest absolute Gasteiger partial charge is 0.445 e. The first kappa shape index (κ1) is 29.5. The summed E-state index contributed by atoms with van der Waals surface area (Å²) in [6.07, 6.45) is 2.96. The molecule has 9 nitrogen and oxygen atoms in total. The van der Waals surface area contributed by atoms with Gasteiger partial charge in [0.05, 0.1) is 34.6 Å². The number of halogens is 1. The van der Waals surface area contributed by atoms with E-state index in [9.17, 15) is 14.4 Å². The molecule has 42 heavy (non-hydrogen) atoms. The van der Waals surface area contributed by atoms with Gasteiger partial charge in [0.25, 0.3) is 5.91 Å². The lowest BCUT2D eigenvalue weighted by atomic mass is 10.0. The average Bonchev–Trinajstić information content (AvgIpc) is 3.02. The quantitative estimate of drug-likeness (QED) is 0.231. The first-order valence-corrected chi connectivity index (χ1v) is 14.8. The number of morpholine rings is 1. The second-order valence-electron chi connectivity index (χ2n) is 9.94. The number of carbonyl (C=O) groups is 2. The van der Waals surface area contributed by atoms with Crippen LogP contribution in [0.15, 0.2) is 95.9 Å². The maximum absolute atomic E-state index is 13.4. The van der Waals surface area contributed by atoms with Gasteiger partial charge in [0, 0.05) is 11.8 Å². The summed E-state index contributed by atoms with van der Waals surface area (Å²) >= 11 is 2.04. The second kappa shape index (κ2) is 13.8. The normalized spacial score (nSPS) is 16.6. The highest BCUT2D eigenvalue weighted by atomic mass is 127. The van der Waals surface area contributed by atoms with Crippen molar-refractivity contribution in [1.82, 2.24) is 14.5 Å². The summed E-state index contributed by atoms with van der Waals surface area (Å²) in [6.45, 7) is 3.07. The molecule has 2 atom stereocenters. The molecule has 1 aliphatic heterocycles. The lowest BCUT2D eigenvalue weighted by Gasteiger charge is -2.41. The standard InChI is InChI=1S/C32H31IN4O5/c1-2-9-26-20-41-21-28(37(26)32(40)42-19-22-10-5-3-6-11-22)23-14-16-25(17-15-23)36-18-27(33)29(35-31(36)39)34-30(38)24-12-7-4-8-13-24/h3-8,10-18,26,28H,2,9,19-21H2,1H3,(H,34,35,38,39)/t26-,28-/m0/s1. The predicted octanol–water partition coefficient (Wildman–Crippen LogP) is 5.97. The average molecular weight is 679 g/mol. The van der Waals surface area contributed by atoms with Gasteiger partial charge in [-0.1, -0.05) is 74.0 Å². The number of ether oxygens (including phenoxy) is 2. The minimum Gasteiger partial charge on any atom is -0.445 e. The lowest BCUT2D eigenvalue weighted by molar-refractivity contribution is -0.0493. The summed E-state index contributed by atoms with van der Waals surface area (Å²) in [4.78, 5) is 44.8. The summed E-state index contributed by atoms with van der Waals surface area (Å²) in [6, 6.07) is 25.3. The maximum Gasteiger partial charge on any atom is 0.411 e. The SMILES string of the molecule is CCC[C@H]1COC[C@@H](c2ccc(-n3cc(I)c(NC(=O)c4ccccc4)nc3=O)cc2)N1C(=O)OCc1ccccc1. The minimum absolute atomic E-state index is 0.108. The molecule has 0 aliphatic carbocycles. The lowest BCUT2D eigenvalue weighted by Crippen LogP contribution is -2.50. The van der Waals surface area contributed by atoms with E-state index < -0.39 is 5.69 Å². The van der Waals surface area contributed by atoms with E-state index in [2.05, 4.69) is 17.2 Å². The van der Waals surface area contributed by atoms with Gasteiger partial charge in [-0.25, -0.2) is 9.59 Å². The number of nitrogens with zero attached hydrogens (tertiary/aromatic N) is 3. The third kappa shape index (κ3) is 6.88. The summed E-state index contributed by atoms with van der Waals surface area (Å²) in [5, 5.41) is 2.71. The van der Waals surface area contributed by atoms with Crippen molar-refractivity contribution in [3.05, 3.63) is 122 Å². The number of anilines is 1. The van der Waals surface area contributed by atoms with Crippen molar-refractivity contribution >= 4 is 40.4 Å². The number of benzene rings is 3. The third-order valence-corrected chi connectivity index (χ3v) is 7.85. The highest BCUT2D eigenvalue weighted by Crippen LogP contribution is 2.31. The molecule has 0 radical (unpaired) electrons. The van der Waals surface area contributed by atoms with Gasteiger partial charge in [-0.3, -0.25) is 14.3 Å². The van der Waals surface area contributed by atoms with Crippen LogP contribution < -0.4 is 11.0 Å². The molecule has 1 fully saturated rings. The molecule has 2 amide bonds. The zero-order valence-electron chi connectivity index (χ0n) is 23.1. The summed E-state index contributed by atoms with van der Waals surface area (Å²) in [5.74, 6) is -0.140. The third-order valence-electron chi connectivity index (χ3n) is 7.06. The van der Waals surface area contributed by atoms with Gasteiger partial charge >= 0.3 is 11.8 Å². The fraction of sp³-hybridized carbons (Fsp3) is 0.250. The molecule has 0 unspecified atom stereocenters. The Morgan fingerprint density at radius 1 is 1.00 bits per heavy atom. The molecular formula is C32H31IN4O5. The zero-order chi connectivity index (χ0) is 29.5. The Morgan fingerprint density at radius 2 is 1.69 bits per heavy atom. The van der Waals surface area contributed by atoms with Crippen LogP contribution in [0.1, 0.15) is 47.3 Å². The van der Waals surface area contributed by atoms with E-state index in [1.165, 1.54) is 4.57 Å². The molecule has 5 rings (SSSR count). The van der Waals surface area contributed by atoms with Crippen LogP contribution >= 0.6 is 22.6 Å². The van der Waals surface area contributed by atoms with Gasteiger partial charge in [0.2, 0.25) is 0 Å². The van der Waals surface area contributed by atoms with Crippen molar-refractivity contribution in [1.29, 1.82) is 0 Å². The Labute approximate surface area is 257 Å². The van der Waals surface area contributed by atoms with Crippen molar-refractivity contribution in [3.63, 3.8) is 0 Å². The molecule has 0 spiro atoms. The molecule has 216 valence electrons. The molecule has 10 heteroatoms. The van der Waals surface area contributed by atoms with E-state index in [1.54, 1.807) is 35.4 Å². The van der Waals surface area contributed by atoms with Gasteiger partial charge in [-0.2, -0.15) is 4.98 Å². The van der Waals surface area contributed by atoms with E-state index in [-0.39, 0.29) is 36.5 Å². The van der Waals surface area contributed by atoms with Gasteiger partial charge in [-0.15, -0.1) is 0 Å². The number of aromatic nitrogens is 2. The van der Waals surface area contributed by atoms with E-state index in [1.807, 2.05) is 83.3 Å². The number of amides is 2. The Balaban J connectivity index is 1.34. The number of nitrogens with one attached hydrogen (secondary N) is 1. The molecule has 1 saturated heterocycles. The van der Waals surface area contributed by atoms with Crippen molar-refractivity contribution in [2.45, 2.75) is 38.5 Å². The Hall–Kier alpha value is -4.03. The van der Waals surface area contributed by atoms with Crippen LogP contribution in [0.3, 0.4) is 0 Å². The van der Waals surface area contributed by atoms with Crippen LogP contribution in [0.25, 0.3) is 5.69 Å². The number of hydrogen-bond acceptors (Lipinski definition) is 6. The molecule has 1 aromatic heterocycles. The second-order valence-corrected chi connectivity index (χ2v) is 11.1. The highest BCUT2D eigenvalue weighted by Gasteiger charge is 2.36. The van der Waals surface area contributed by atoms with Gasteiger partial charge < -0.3 is 14.8 Å². The molecular weight excluding hydrogens is 647 g/mol. The molecule has 0 bridgehead atoms. The zero-order valence-corrected chi connectivity index (χ0v) is 25.3. The monoisotopic (exact) mass is 678 g/mol. The molecule has 2 heterocycles.